The summed E-state index contributed by atoms with van der Waals surface area (Å²) in [6.45, 7) is 9.49. The molecule has 0 fully saturated rings. The number of aliphatic carboxylic acids is 1. The molecule has 0 aliphatic heterocycles. The van der Waals surface area contributed by atoms with Crippen molar-refractivity contribution in [3.63, 3.8) is 0 Å². The zero-order chi connectivity index (χ0) is 25.8. The molecule has 1 aliphatic rings. The number of amides is 2. The standard InChI is InChI=1S/C28H36N2O5/c1-17(2)24(28(4,5)26(33)29-15-14-18(3)25(31)32)30-27(34)35-16-23-21-12-8-6-10-19(21)20-11-7-9-13-22(20)23/h6-13,17-18,23-24H,14-16H2,1-5H3,(H,29,33)(H,30,34)(H,31,32). The molecular weight excluding hydrogens is 444 g/mol. The Bertz CT molecular complexity index is 1030. The maximum Gasteiger partial charge on any atom is 0.407 e. The van der Waals surface area contributed by atoms with Gasteiger partial charge in [-0.25, -0.2) is 4.79 Å². The lowest BCUT2D eigenvalue weighted by Crippen LogP contribution is -2.55. The third kappa shape index (κ3) is 5.84. The van der Waals surface area contributed by atoms with Crippen molar-refractivity contribution < 1.29 is 24.2 Å². The van der Waals surface area contributed by atoms with Gasteiger partial charge in [-0.1, -0.05) is 69.3 Å². The Labute approximate surface area is 207 Å². The van der Waals surface area contributed by atoms with Gasteiger partial charge in [-0.2, -0.15) is 0 Å². The van der Waals surface area contributed by atoms with Crippen LogP contribution in [-0.4, -0.2) is 42.3 Å². The minimum Gasteiger partial charge on any atom is -0.481 e. The van der Waals surface area contributed by atoms with Crippen molar-refractivity contribution in [2.24, 2.45) is 17.3 Å². The number of rotatable bonds is 10. The van der Waals surface area contributed by atoms with E-state index in [4.69, 9.17) is 9.84 Å². The Morgan fingerprint density at radius 3 is 2.03 bits per heavy atom. The van der Waals surface area contributed by atoms with Crippen molar-refractivity contribution in [1.29, 1.82) is 0 Å². The predicted molar refractivity (Wildman–Crippen MR) is 135 cm³/mol. The fourth-order valence-electron chi connectivity index (χ4n) is 4.84. The highest BCUT2D eigenvalue weighted by molar-refractivity contribution is 5.84. The average Bonchev–Trinajstić information content (AvgIpc) is 3.14. The van der Waals surface area contributed by atoms with E-state index in [1.807, 2.05) is 38.1 Å². The first-order chi connectivity index (χ1) is 16.5. The number of benzene rings is 2. The van der Waals surface area contributed by atoms with Crippen LogP contribution in [0.5, 0.6) is 0 Å². The maximum atomic E-state index is 12.9. The number of fused-ring (bicyclic) bond motifs is 3. The normalized spacial score (nSPS) is 14.6. The summed E-state index contributed by atoms with van der Waals surface area (Å²) in [5.74, 6) is -1.76. The van der Waals surface area contributed by atoms with Gasteiger partial charge in [0.25, 0.3) is 0 Å². The molecule has 0 bridgehead atoms. The highest BCUT2D eigenvalue weighted by atomic mass is 16.5. The zero-order valence-corrected chi connectivity index (χ0v) is 21.1. The van der Waals surface area contributed by atoms with Crippen LogP contribution in [0.25, 0.3) is 11.1 Å². The lowest BCUT2D eigenvalue weighted by Gasteiger charge is -2.36. The average molecular weight is 481 g/mol. The Balaban J connectivity index is 1.63. The molecular formula is C28H36N2O5. The number of ether oxygens (including phenoxy) is 1. The summed E-state index contributed by atoms with van der Waals surface area (Å²) in [6.07, 6.45) is -0.227. The van der Waals surface area contributed by atoms with Crippen molar-refractivity contribution in [1.82, 2.24) is 10.6 Å². The molecule has 188 valence electrons. The van der Waals surface area contributed by atoms with Crippen molar-refractivity contribution in [2.45, 2.75) is 53.0 Å². The van der Waals surface area contributed by atoms with Gasteiger partial charge in [0.2, 0.25) is 5.91 Å². The van der Waals surface area contributed by atoms with Crippen LogP contribution in [0.4, 0.5) is 4.79 Å². The summed E-state index contributed by atoms with van der Waals surface area (Å²) in [7, 11) is 0. The second-order valence-corrected chi connectivity index (χ2v) is 10.2. The van der Waals surface area contributed by atoms with Gasteiger partial charge in [-0.05, 0) is 48.4 Å². The number of nitrogens with one attached hydrogen (secondary N) is 2. The number of carboxylic acids is 1. The van der Waals surface area contributed by atoms with Gasteiger partial charge in [0.1, 0.15) is 6.61 Å². The number of carbonyl (C=O) groups excluding carboxylic acids is 2. The Morgan fingerprint density at radius 1 is 0.971 bits per heavy atom. The molecule has 35 heavy (non-hydrogen) atoms. The molecule has 1 aliphatic carbocycles. The minimum atomic E-state index is -0.924. The van der Waals surface area contributed by atoms with Crippen molar-refractivity contribution in [2.75, 3.05) is 13.2 Å². The van der Waals surface area contributed by atoms with Gasteiger partial charge in [-0.15, -0.1) is 0 Å². The van der Waals surface area contributed by atoms with E-state index in [9.17, 15) is 14.4 Å². The number of hydrogen-bond acceptors (Lipinski definition) is 4. The Morgan fingerprint density at radius 2 is 1.51 bits per heavy atom. The van der Waals surface area contributed by atoms with E-state index < -0.39 is 29.4 Å². The monoisotopic (exact) mass is 480 g/mol. The number of hydrogen-bond donors (Lipinski definition) is 3. The lowest BCUT2D eigenvalue weighted by atomic mass is 9.77. The first kappa shape index (κ1) is 26.3. The van der Waals surface area contributed by atoms with E-state index in [1.165, 1.54) is 0 Å². The first-order valence-corrected chi connectivity index (χ1v) is 12.2. The van der Waals surface area contributed by atoms with Gasteiger partial charge in [-0.3, -0.25) is 9.59 Å². The molecule has 7 heteroatoms. The quantitative estimate of drug-likeness (QED) is 0.453. The van der Waals surface area contributed by atoms with Gasteiger partial charge in [0.05, 0.1) is 11.3 Å². The second-order valence-electron chi connectivity index (χ2n) is 10.2. The molecule has 0 saturated carbocycles. The van der Waals surface area contributed by atoms with E-state index in [1.54, 1.807) is 20.8 Å². The van der Waals surface area contributed by atoms with Crippen LogP contribution in [0, 0.1) is 17.3 Å². The van der Waals surface area contributed by atoms with Gasteiger partial charge in [0.15, 0.2) is 0 Å². The lowest BCUT2D eigenvalue weighted by molar-refractivity contribution is -0.141. The fraction of sp³-hybridized carbons (Fsp3) is 0.464. The fourth-order valence-corrected chi connectivity index (χ4v) is 4.84. The van der Waals surface area contributed by atoms with Crippen molar-refractivity contribution in [3.05, 3.63) is 59.7 Å². The summed E-state index contributed by atoms with van der Waals surface area (Å²) >= 11 is 0. The third-order valence-corrected chi connectivity index (χ3v) is 6.93. The smallest absolute Gasteiger partial charge is 0.407 e. The van der Waals surface area contributed by atoms with Crippen molar-refractivity contribution in [3.8, 4) is 11.1 Å². The van der Waals surface area contributed by atoms with E-state index in [0.29, 0.717) is 6.42 Å². The molecule has 3 N–H and O–H groups in total. The minimum absolute atomic E-state index is 0.0332. The number of carboxylic acid groups (broad SMARTS) is 1. The highest BCUT2D eigenvalue weighted by Crippen LogP contribution is 2.44. The second kappa shape index (κ2) is 10.9. The summed E-state index contributed by atoms with van der Waals surface area (Å²) in [6, 6.07) is 15.8. The molecule has 3 rings (SSSR count). The molecule has 0 aromatic heterocycles. The van der Waals surface area contributed by atoms with Crippen LogP contribution in [0.3, 0.4) is 0 Å². The summed E-state index contributed by atoms with van der Waals surface area (Å²) in [4.78, 5) is 36.8. The molecule has 2 aromatic carbocycles. The predicted octanol–water partition coefficient (Wildman–Crippen LogP) is 4.80. The zero-order valence-electron chi connectivity index (χ0n) is 21.1. The van der Waals surface area contributed by atoms with Crippen molar-refractivity contribution >= 4 is 18.0 Å². The van der Waals surface area contributed by atoms with Crippen LogP contribution < -0.4 is 10.6 Å². The summed E-state index contributed by atoms with van der Waals surface area (Å²) in [5, 5.41) is 14.8. The first-order valence-electron chi connectivity index (χ1n) is 12.2. The molecule has 2 atom stereocenters. The molecule has 0 spiro atoms. The van der Waals surface area contributed by atoms with Crippen LogP contribution in [-0.2, 0) is 14.3 Å². The molecule has 2 unspecified atom stereocenters. The van der Waals surface area contributed by atoms with E-state index in [2.05, 4.69) is 34.9 Å². The van der Waals surface area contributed by atoms with Crippen LogP contribution in [0.15, 0.2) is 48.5 Å². The highest BCUT2D eigenvalue weighted by Gasteiger charge is 2.40. The van der Waals surface area contributed by atoms with E-state index >= 15 is 0 Å². The Kier molecular flexibility index (Phi) is 8.20. The van der Waals surface area contributed by atoms with Gasteiger partial charge >= 0.3 is 12.1 Å². The van der Waals surface area contributed by atoms with Crippen LogP contribution in [0.1, 0.15) is 58.1 Å². The van der Waals surface area contributed by atoms with Crippen LogP contribution >= 0.6 is 0 Å². The van der Waals surface area contributed by atoms with Gasteiger partial charge in [0, 0.05) is 18.5 Å². The molecule has 0 radical (unpaired) electrons. The largest absolute Gasteiger partial charge is 0.481 e. The van der Waals surface area contributed by atoms with Crippen LogP contribution in [0.2, 0.25) is 0 Å². The van der Waals surface area contributed by atoms with E-state index in [0.717, 1.165) is 22.3 Å². The van der Waals surface area contributed by atoms with E-state index in [-0.39, 0.29) is 30.9 Å². The van der Waals surface area contributed by atoms with Gasteiger partial charge < -0.3 is 20.5 Å². The Hall–Kier alpha value is -3.35. The third-order valence-electron chi connectivity index (χ3n) is 6.93. The summed E-state index contributed by atoms with van der Waals surface area (Å²) in [5.41, 5.74) is 3.67. The number of carbonyl (C=O) groups is 3. The number of alkyl carbamates (subject to hydrolysis) is 1. The molecule has 2 amide bonds. The summed E-state index contributed by atoms with van der Waals surface area (Å²) < 4.78 is 5.69. The molecule has 0 heterocycles. The molecule has 0 saturated heterocycles. The SMILES string of the molecule is CC(CCNC(=O)C(C)(C)C(NC(=O)OCC1c2ccccc2-c2ccccc21)C(C)C)C(=O)O. The topological polar surface area (TPSA) is 105 Å². The maximum absolute atomic E-state index is 12.9. The molecule has 2 aromatic rings. The molecule has 7 nitrogen and oxygen atoms in total.